The molecule has 0 radical (unpaired) electrons. The van der Waals surface area contributed by atoms with Crippen molar-refractivity contribution in [1.82, 2.24) is 19.2 Å². The Hall–Kier alpha value is -3.78. The predicted molar refractivity (Wildman–Crippen MR) is 114 cm³/mol. The number of imidazole rings is 1. The highest BCUT2D eigenvalue weighted by Gasteiger charge is 2.18. The first kappa shape index (κ1) is 18.3. The Labute approximate surface area is 175 Å². The molecule has 5 aromatic rings. The van der Waals surface area contributed by atoms with Crippen molar-refractivity contribution in [3.8, 4) is 11.3 Å². The first-order chi connectivity index (χ1) is 14.7. The smallest absolute Gasteiger partial charge is 0.256 e. The molecule has 5 rings (SSSR count). The SMILES string of the molecule is O=C(Nc1c(-c2ccc(F)cc2)nc2sccn12)c1ccc(Cn2cccn2)cc1. The van der Waals surface area contributed by atoms with Crippen LogP contribution in [0.5, 0.6) is 0 Å². The van der Waals surface area contributed by atoms with E-state index in [9.17, 15) is 9.18 Å². The van der Waals surface area contributed by atoms with E-state index in [2.05, 4.69) is 15.4 Å². The summed E-state index contributed by atoms with van der Waals surface area (Å²) in [6.45, 7) is 0.641. The minimum Gasteiger partial charge on any atom is -0.306 e. The normalized spacial score (nSPS) is 11.1. The average Bonchev–Trinajstić information content (AvgIpc) is 3.49. The van der Waals surface area contributed by atoms with Crippen molar-refractivity contribution in [3.63, 3.8) is 0 Å². The summed E-state index contributed by atoms with van der Waals surface area (Å²) in [6.07, 6.45) is 5.48. The molecular weight excluding hydrogens is 401 g/mol. The molecule has 148 valence electrons. The van der Waals surface area contributed by atoms with Crippen molar-refractivity contribution in [1.29, 1.82) is 0 Å². The third-order valence-electron chi connectivity index (χ3n) is 4.73. The number of amides is 1. The van der Waals surface area contributed by atoms with E-state index in [4.69, 9.17) is 0 Å². The van der Waals surface area contributed by atoms with E-state index in [1.54, 1.807) is 30.5 Å². The van der Waals surface area contributed by atoms with Gasteiger partial charge in [0, 0.05) is 35.1 Å². The fraction of sp³-hybridized carbons (Fsp3) is 0.0455. The molecule has 8 heteroatoms. The van der Waals surface area contributed by atoms with Gasteiger partial charge in [-0.25, -0.2) is 9.37 Å². The summed E-state index contributed by atoms with van der Waals surface area (Å²) < 4.78 is 17.0. The number of hydrogen-bond donors (Lipinski definition) is 1. The first-order valence-corrected chi connectivity index (χ1v) is 10.1. The molecule has 2 aromatic carbocycles. The number of carbonyl (C=O) groups excluding carboxylic acids is 1. The van der Waals surface area contributed by atoms with E-state index in [-0.39, 0.29) is 11.7 Å². The highest BCUT2D eigenvalue weighted by Crippen LogP contribution is 2.31. The second-order valence-electron chi connectivity index (χ2n) is 6.73. The van der Waals surface area contributed by atoms with Crippen LogP contribution in [0.15, 0.2) is 78.6 Å². The van der Waals surface area contributed by atoms with E-state index < -0.39 is 0 Å². The Bertz CT molecular complexity index is 1300. The maximum absolute atomic E-state index is 13.3. The largest absolute Gasteiger partial charge is 0.306 e. The molecule has 1 amide bonds. The molecule has 0 aliphatic heterocycles. The lowest BCUT2D eigenvalue weighted by Crippen LogP contribution is -2.14. The van der Waals surface area contributed by atoms with Crippen molar-refractivity contribution >= 4 is 28.0 Å². The summed E-state index contributed by atoms with van der Waals surface area (Å²) >= 11 is 1.46. The second-order valence-corrected chi connectivity index (χ2v) is 7.60. The lowest BCUT2D eigenvalue weighted by atomic mass is 10.1. The molecule has 3 aromatic heterocycles. The minimum absolute atomic E-state index is 0.239. The molecule has 0 spiro atoms. The lowest BCUT2D eigenvalue weighted by molar-refractivity contribution is 0.102. The Balaban J connectivity index is 1.42. The zero-order valence-electron chi connectivity index (χ0n) is 15.7. The number of anilines is 1. The zero-order chi connectivity index (χ0) is 20.5. The van der Waals surface area contributed by atoms with Crippen LogP contribution in [0.1, 0.15) is 15.9 Å². The number of thiazole rings is 1. The van der Waals surface area contributed by atoms with E-state index >= 15 is 0 Å². The van der Waals surface area contributed by atoms with Gasteiger partial charge in [-0.2, -0.15) is 5.10 Å². The van der Waals surface area contributed by atoms with Gasteiger partial charge in [-0.3, -0.25) is 13.9 Å². The Kier molecular flexibility index (Phi) is 4.61. The summed E-state index contributed by atoms with van der Waals surface area (Å²) in [4.78, 5) is 18.3. The quantitative estimate of drug-likeness (QED) is 0.451. The van der Waals surface area contributed by atoms with Crippen LogP contribution < -0.4 is 5.32 Å². The van der Waals surface area contributed by atoms with Crippen LogP contribution in [0.3, 0.4) is 0 Å². The van der Waals surface area contributed by atoms with E-state index in [0.29, 0.717) is 23.6 Å². The predicted octanol–water partition coefficient (Wildman–Crippen LogP) is 4.70. The molecule has 0 bridgehead atoms. The van der Waals surface area contributed by atoms with Crippen LogP contribution in [0.25, 0.3) is 16.2 Å². The molecule has 0 aliphatic carbocycles. The molecule has 0 unspecified atom stereocenters. The molecule has 6 nitrogen and oxygen atoms in total. The van der Waals surface area contributed by atoms with Crippen LogP contribution in [0.2, 0.25) is 0 Å². The monoisotopic (exact) mass is 417 g/mol. The van der Waals surface area contributed by atoms with Gasteiger partial charge in [-0.15, -0.1) is 11.3 Å². The van der Waals surface area contributed by atoms with Gasteiger partial charge < -0.3 is 5.32 Å². The van der Waals surface area contributed by atoms with Crippen molar-refractivity contribution in [2.75, 3.05) is 5.32 Å². The summed E-state index contributed by atoms with van der Waals surface area (Å²) in [5, 5.41) is 9.06. The van der Waals surface area contributed by atoms with E-state index in [0.717, 1.165) is 16.1 Å². The number of nitrogens with one attached hydrogen (secondary N) is 1. The number of benzene rings is 2. The van der Waals surface area contributed by atoms with Crippen molar-refractivity contribution in [3.05, 3.63) is 95.5 Å². The van der Waals surface area contributed by atoms with Crippen LogP contribution >= 0.6 is 11.3 Å². The van der Waals surface area contributed by atoms with Crippen molar-refractivity contribution < 1.29 is 9.18 Å². The maximum atomic E-state index is 13.3. The van der Waals surface area contributed by atoms with Crippen LogP contribution in [-0.4, -0.2) is 25.1 Å². The van der Waals surface area contributed by atoms with Gasteiger partial charge in [-0.1, -0.05) is 12.1 Å². The minimum atomic E-state index is -0.319. The molecule has 3 heterocycles. The molecule has 0 aliphatic rings. The third kappa shape index (κ3) is 3.48. The topological polar surface area (TPSA) is 64.2 Å². The van der Waals surface area contributed by atoms with Crippen molar-refractivity contribution in [2.45, 2.75) is 6.54 Å². The molecule has 0 saturated heterocycles. The van der Waals surface area contributed by atoms with Gasteiger partial charge in [0.25, 0.3) is 5.91 Å². The third-order valence-corrected chi connectivity index (χ3v) is 5.49. The Morgan fingerprint density at radius 2 is 1.87 bits per heavy atom. The summed E-state index contributed by atoms with van der Waals surface area (Å²) in [5.74, 6) is 0.000958. The highest BCUT2D eigenvalue weighted by molar-refractivity contribution is 7.15. The van der Waals surface area contributed by atoms with Gasteiger partial charge in [0.1, 0.15) is 17.3 Å². The fourth-order valence-corrected chi connectivity index (χ4v) is 3.95. The van der Waals surface area contributed by atoms with Crippen LogP contribution in [0.4, 0.5) is 10.2 Å². The Morgan fingerprint density at radius 3 is 2.60 bits per heavy atom. The van der Waals surface area contributed by atoms with Crippen molar-refractivity contribution in [2.24, 2.45) is 0 Å². The fourth-order valence-electron chi connectivity index (χ4n) is 3.24. The molecule has 0 fully saturated rings. The van der Waals surface area contributed by atoms with Gasteiger partial charge in [0.15, 0.2) is 4.96 Å². The lowest BCUT2D eigenvalue weighted by Gasteiger charge is -2.08. The van der Waals surface area contributed by atoms with Gasteiger partial charge >= 0.3 is 0 Å². The molecule has 0 atom stereocenters. The van der Waals surface area contributed by atoms with E-state index in [1.165, 1.54) is 23.5 Å². The summed E-state index contributed by atoms with van der Waals surface area (Å²) in [7, 11) is 0. The standard InChI is InChI=1S/C22H16FN5OS/c23-18-8-6-16(7-9-18)19-20(28-12-13-30-22(28)25-19)26-21(29)17-4-2-15(3-5-17)14-27-11-1-10-24-27/h1-13H,14H2,(H,26,29). The average molecular weight is 417 g/mol. The number of nitrogens with zero attached hydrogens (tertiary/aromatic N) is 4. The molecule has 30 heavy (non-hydrogen) atoms. The number of fused-ring (bicyclic) bond motifs is 1. The summed E-state index contributed by atoms with van der Waals surface area (Å²) in [5.41, 5.74) is 2.92. The number of hydrogen-bond acceptors (Lipinski definition) is 4. The second kappa shape index (κ2) is 7.57. The van der Waals surface area contributed by atoms with Crippen LogP contribution in [-0.2, 0) is 6.54 Å². The maximum Gasteiger partial charge on any atom is 0.256 e. The van der Waals surface area contributed by atoms with Gasteiger partial charge in [0.05, 0.1) is 6.54 Å². The van der Waals surface area contributed by atoms with Gasteiger partial charge in [-0.05, 0) is 48.0 Å². The number of carbonyl (C=O) groups is 1. The first-order valence-electron chi connectivity index (χ1n) is 9.26. The van der Waals surface area contributed by atoms with E-state index in [1.807, 2.05) is 45.1 Å². The highest BCUT2D eigenvalue weighted by atomic mass is 32.1. The molecule has 1 N–H and O–H groups in total. The van der Waals surface area contributed by atoms with Gasteiger partial charge in [0.2, 0.25) is 0 Å². The molecular formula is C22H16FN5OS. The molecule has 0 saturated carbocycles. The number of halogens is 1. The Morgan fingerprint density at radius 1 is 1.07 bits per heavy atom. The summed E-state index contributed by atoms with van der Waals surface area (Å²) in [6, 6.07) is 15.3. The number of rotatable bonds is 5. The number of aromatic nitrogens is 4. The zero-order valence-corrected chi connectivity index (χ0v) is 16.5. The van der Waals surface area contributed by atoms with Crippen LogP contribution in [0, 0.1) is 5.82 Å².